The molecule has 0 bridgehead atoms. The van der Waals surface area contributed by atoms with E-state index in [0.717, 1.165) is 17.1 Å². The molecule has 0 amide bonds. The lowest BCUT2D eigenvalue weighted by molar-refractivity contribution is 0.834. The Balaban J connectivity index is 2.56. The maximum atomic E-state index is 4.93. The van der Waals surface area contributed by atoms with Crippen LogP contribution in [0, 0.1) is 0 Å². The molecule has 0 radical (unpaired) electrons. The average Bonchev–Trinajstić information content (AvgIpc) is 2.47. The summed E-state index contributed by atoms with van der Waals surface area (Å²) < 4.78 is 0. The standard InChI is InChI=1S/C19H24N2/c1-13(2)16-9-8-10-17(14(3)4)19(16)21-15(5)18-11-6-7-12-20-18/h6-14H,1-5H3/b21-15-. The first kappa shape index (κ1) is 15.4. The second-order valence-corrected chi connectivity index (χ2v) is 6.01. The number of benzene rings is 1. The second-order valence-electron chi connectivity index (χ2n) is 6.01. The summed E-state index contributed by atoms with van der Waals surface area (Å²) in [5.74, 6) is 0.915. The van der Waals surface area contributed by atoms with Crippen molar-refractivity contribution in [1.82, 2.24) is 4.98 Å². The van der Waals surface area contributed by atoms with Crippen LogP contribution in [-0.2, 0) is 0 Å². The van der Waals surface area contributed by atoms with Crippen LogP contribution in [0.2, 0.25) is 0 Å². The van der Waals surface area contributed by atoms with Crippen molar-refractivity contribution in [3.8, 4) is 0 Å². The molecule has 1 heterocycles. The molecule has 0 spiro atoms. The molecule has 0 unspecified atom stereocenters. The van der Waals surface area contributed by atoms with Gasteiger partial charge in [0, 0.05) is 6.20 Å². The van der Waals surface area contributed by atoms with Crippen LogP contribution in [0.25, 0.3) is 0 Å². The smallest absolute Gasteiger partial charge is 0.0841 e. The maximum Gasteiger partial charge on any atom is 0.0841 e. The first-order valence-corrected chi connectivity index (χ1v) is 7.60. The van der Waals surface area contributed by atoms with Gasteiger partial charge in [0.05, 0.1) is 17.1 Å². The average molecular weight is 280 g/mol. The summed E-state index contributed by atoms with van der Waals surface area (Å²) in [6, 6.07) is 12.4. The van der Waals surface area contributed by atoms with Crippen molar-refractivity contribution in [1.29, 1.82) is 0 Å². The Morgan fingerprint density at radius 2 is 1.52 bits per heavy atom. The predicted octanol–water partition coefficient (Wildman–Crippen LogP) is 5.47. The molecule has 0 saturated heterocycles. The number of aromatic nitrogens is 1. The normalized spacial score (nSPS) is 12.2. The summed E-state index contributed by atoms with van der Waals surface area (Å²) in [5, 5.41) is 0. The molecule has 0 saturated carbocycles. The SMILES string of the molecule is C/C(=N/c1c(C(C)C)cccc1C(C)C)c1ccccn1. The predicted molar refractivity (Wildman–Crippen MR) is 90.7 cm³/mol. The van der Waals surface area contributed by atoms with Gasteiger partial charge in [0.1, 0.15) is 0 Å². The van der Waals surface area contributed by atoms with E-state index in [-0.39, 0.29) is 0 Å². The fraction of sp³-hybridized carbons (Fsp3) is 0.368. The van der Waals surface area contributed by atoms with Gasteiger partial charge in [-0.3, -0.25) is 9.98 Å². The highest BCUT2D eigenvalue weighted by molar-refractivity contribution is 5.99. The fourth-order valence-electron chi connectivity index (χ4n) is 2.44. The Hall–Kier alpha value is -1.96. The molecule has 21 heavy (non-hydrogen) atoms. The van der Waals surface area contributed by atoms with E-state index < -0.39 is 0 Å². The fourth-order valence-corrected chi connectivity index (χ4v) is 2.44. The molecule has 0 aliphatic heterocycles. The van der Waals surface area contributed by atoms with Gasteiger partial charge in [0.25, 0.3) is 0 Å². The Kier molecular flexibility index (Phi) is 4.89. The van der Waals surface area contributed by atoms with Gasteiger partial charge in [-0.25, -0.2) is 0 Å². The van der Waals surface area contributed by atoms with Crippen molar-refractivity contribution in [2.45, 2.75) is 46.5 Å². The van der Waals surface area contributed by atoms with Gasteiger partial charge in [-0.15, -0.1) is 0 Å². The van der Waals surface area contributed by atoms with E-state index in [1.807, 2.05) is 31.3 Å². The lowest BCUT2D eigenvalue weighted by atomic mass is 9.93. The van der Waals surface area contributed by atoms with E-state index in [2.05, 4.69) is 50.9 Å². The molecule has 1 aromatic heterocycles. The minimum atomic E-state index is 0.457. The molecule has 0 N–H and O–H groups in total. The molecule has 110 valence electrons. The lowest BCUT2D eigenvalue weighted by Gasteiger charge is -2.17. The minimum absolute atomic E-state index is 0.457. The minimum Gasteiger partial charge on any atom is -0.255 e. The van der Waals surface area contributed by atoms with Crippen LogP contribution in [-0.4, -0.2) is 10.7 Å². The third kappa shape index (κ3) is 3.57. The summed E-state index contributed by atoms with van der Waals surface area (Å²) in [6.45, 7) is 10.9. The monoisotopic (exact) mass is 280 g/mol. The number of pyridine rings is 1. The van der Waals surface area contributed by atoms with Gasteiger partial charge < -0.3 is 0 Å². The zero-order valence-electron chi connectivity index (χ0n) is 13.6. The van der Waals surface area contributed by atoms with Crippen LogP contribution in [0.15, 0.2) is 47.6 Å². The van der Waals surface area contributed by atoms with Crippen molar-refractivity contribution in [2.75, 3.05) is 0 Å². The molecule has 2 nitrogen and oxygen atoms in total. The van der Waals surface area contributed by atoms with Gasteiger partial charge in [-0.2, -0.15) is 0 Å². The number of hydrogen-bond donors (Lipinski definition) is 0. The summed E-state index contributed by atoms with van der Waals surface area (Å²) in [4.78, 5) is 9.32. The van der Waals surface area contributed by atoms with Crippen molar-refractivity contribution >= 4 is 11.4 Å². The second kappa shape index (κ2) is 6.66. The quantitative estimate of drug-likeness (QED) is 0.682. The third-order valence-electron chi connectivity index (χ3n) is 3.66. The molecule has 0 aliphatic carbocycles. The zero-order valence-corrected chi connectivity index (χ0v) is 13.6. The summed E-state index contributed by atoms with van der Waals surface area (Å²) in [6.07, 6.45) is 1.81. The van der Waals surface area contributed by atoms with Gasteiger partial charge in [0.15, 0.2) is 0 Å². The van der Waals surface area contributed by atoms with Crippen molar-refractivity contribution in [3.05, 3.63) is 59.4 Å². The van der Waals surface area contributed by atoms with E-state index in [9.17, 15) is 0 Å². The van der Waals surface area contributed by atoms with Crippen LogP contribution in [0.4, 0.5) is 5.69 Å². The largest absolute Gasteiger partial charge is 0.255 e. The molecule has 2 aromatic rings. The van der Waals surface area contributed by atoms with Gasteiger partial charge in [0.2, 0.25) is 0 Å². The third-order valence-corrected chi connectivity index (χ3v) is 3.66. The van der Waals surface area contributed by atoms with Crippen molar-refractivity contribution in [3.63, 3.8) is 0 Å². The van der Waals surface area contributed by atoms with E-state index in [1.165, 1.54) is 11.1 Å². The number of aliphatic imine (C=N–C) groups is 1. The molecule has 1 aromatic carbocycles. The van der Waals surface area contributed by atoms with Crippen LogP contribution in [0.3, 0.4) is 0 Å². The summed E-state index contributed by atoms with van der Waals surface area (Å²) >= 11 is 0. The van der Waals surface area contributed by atoms with E-state index in [0.29, 0.717) is 11.8 Å². The summed E-state index contributed by atoms with van der Waals surface area (Å²) in [5.41, 5.74) is 5.62. The highest BCUT2D eigenvalue weighted by Crippen LogP contribution is 2.35. The van der Waals surface area contributed by atoms with Crippen LogP contribution in [0.1, 0.15) is 63.3 Å². The molecule has 2 heteroatoms. The Bertz CT molecular complexity index is 599. The van der Waals surface area contributed by atoms with Crippen LogP contribution in [0.5, 0.6) is 0 Å². The topological polar surface area (TPSA) is 25.2 Å². The zero-order chi connectivity index (χ0) is 15.4. The van der Waals surface area contributed by atoms with E-state index >= 15 is 0 Å². The van der Waals surface area contributed by atoms with Gasteiger partial charge >= 0.3 is 0 Å². The van der Waals surface area contributed by atoms with Crippen molar-refractivity contribution < 1.29 is 0 Å². The molecule has 0 aliphatic rings. The Labute approximate surface area is 128 Å². The molecule has 0 fully saturated rings. The number of nitrogens with zero attached hydrogens (tertiary/aromatic N) is 2. The van der Waals surface area contributed by atoms with E-state index in [1.54, 1.807) is 0 Å². The Morgan fingerprint density at radius 3 is 2.00 bits per heavy atom. The molecular formula is C19H24N2. The lowest BCUT2D eigenvalue weighted by Crippen LogP contribution is -2.00. The van der Waals surface area contributed by atoms with Gasteiger partial charge in [-0.1, -0.05) is 52.0 Å². The van der Waals surface area contributed by atoms with Crippen LogP contribution >= 0.6 is 0 Å². The molecular weight excluding hydrogens is 256 g/mol. The first-order chi connectivity index (χ1) is 10.0. The molecule has 0 atom stereocenters. The van der Waals surface area contributed by atoms with Gasteiger partial charge in [-0.05, 0) is 42.0 Å². The van der Waals surface area contributed by atoms with Crippen molar-refractivity contribution in [2.24, 2.45) is 4.99 Å². The highest BCUT2D eigenvalue weighted by atomic mass is 14.8. The maximum absolute atomic E-state index is 4.93. The first-order valence-electron chi connectivity index (χ1n) is 7.60. The Morgan fingerprint density at radius 1 is 0.905 bits per heavy atom. The number of rotatable bonds is 4. The highest BCUT2D eigenvalue weighted by Gasteiger charge is 2.13. The van der Waals surface area contributed by atoms with Crippen LogP contribution < -0.4 is 0 Å². The van der Waals surface area contributed by atoms with E-state index in [4.69, 9.17) is 4.99 Å². The number of hydrogen-bond acceptors (Lipinski definition) is 2. The number of para-hydroxylation sites is 1. The molecule has 2 rings (SSSR count). The summed E-state index contributed by atoms with van der Waals surface area (Å²) in [7, 11) is 0.